The van der Waals surface area contributed by atoms with E-state index in [4.69, 9.17) is 4.98 Å². The van der Waals surface area contributed by atoms with Crippen molar-refractivity contribution in [2.45, 2.75) is 72.1 Å². The molecule has 37 heavy (non-hydrogen) atoms. The predicted octanol–water partition coefficient (Wildman–Crippen LogP) is 6.51. The first kappa shape index (κ1) is 27.9. The molecule has 0 unspecified atom stereocenters. The van der Waals surface area contributed by atoms with Gasteiger partial charge in [-0.15, -0.1) is 0 Å². The van der Waals surface area contributed by atoms with E-state index >= 15 is 0 Å². The highest BCUT2D eigenvalue weighted by Gasteiger charge is 2.22. The quantitative estimate of drug-likeness (QED) is 0.399. The smallest absolute Gasteiger partial charge is 0.255 e. The van der Waals surface area contributed by atoms with Crippen LogP contribution in [0.5, 0.6) is 0 Å². The van der Waals surface area contributed by atoms with Crippen molar-refractivity contribution in [1.29, 1.82) is 5.26 Å². The van der Waals surface area contributed by atoms with Gasteiger partial charge in [-0.25, -0.2) is 0 Å². The van der Waals surface area contributed by atoms with Crippen molar-refractivity contribution in [2.75, 3.05) is 18.0 Å². The Morgan fingerprint density at radius 2 is 1.92 bits per heavy atom. The zero-order valence-corrected chi connectivity index (χ0v) is 22.8. The van der Waals surface area contributed by atoms with E-state index in [1.807, 2.05) is 44.3 Å². The van der Waals surface area contributed by atoms with Gasteiger partial charge in [0.1, 0.15) is 0 Å². The van der Waals surface area contributed by atoms with Crippen LogP contribution in [0.2, 0.25) is 0 Å². The Kier molecular flexibility index (Phi) is 9.79. The molecule has 0 spiro atoms. The first-order chi connectivity index (χ1) is 17.7. The van der Waals surface area contributed by atoms with Crippen LogP contribution in [0.4, 0.5) is 5.69 Å². The number of piperidine rings is 1. The van der Waals surface area contributed by atoms with Crippen molar-refractivity contribution in [1.82, 2.24) is 15.3 Å². The minimum absolute atomic E-state index is 0.249. The fraction of sp³-hybridized carbons (Fsp3) is 0.419. The molecule has 1 fully saturated rings. The number of nitrogens with zero attached hydrogens (tertiary/aromatic N) is 4. The summed E-state index contributed by atoms with van der Waals surface area (Å²) in [4.78, 5) is 24.7. The summed E-state index contributed by atoms with van der Waals surface area (Å²) in [7, 11) is 0. The fourth-order valence-electron chi connectivity index (χ4n) is 4.18. The van der Waals surface area contributed by atoms with E-state index in [1.54, 1.807) is 32.2 Å². The number of aryl methyl sites for hydroxylation is 1. The highest BCUT2D eigenvalue weighted by atomic mass is 16.1. The van der Waals surface area contributed by atoms with Gasteiger partial charge in [0.25, 0.3) is 5.91 Å². The van der Waals surface area contributed by atoms with Gasteiger partial charge in [-0.1, -0.05) is 31.1 Å². The molecule has 1 aliphatic rings. The second kappa shape index (κ2) is 13.0. The molecule has 0 saturated carbocycles. The first-order valence-corrected chi connectivity index (χ1v) is 13.2. The first-order valence-electron chi connectivity index (χ1n) is 13.2. The summed E-state index contributed by atoms with van der Waals surface area (Å²) in [6, 6.07) is 7.81. The number of nitriles is 1. The number of carbonyl (C=O) groups is 1. The number of anilines is 1. The normalized spacial score (nSPS) is 14.4. The van der Waals surface area contributed by atoms with Crippen molar-refractivity contribution in [3.05, 3.63) is 82.6 Å². The molecule has 0 aliphatic carbocycles. The summed E-state index contributed by atoms with van der Waals surface area (Å²) in [5, 5.41) is 12.5. The van der Waals surface area contributed by atoms with E-state index in [0.717, 1.165) is 42.8 Å². The Morgan fingerprint density at radius 1 is 1.16 bits per heavy atom. The topological polar surface area (TPSA) is 81.9 Å². The summed E-state index contributed by atoms with van der Waals surface area (Å²) >= 11 is 0. The second-order valence-electron chi connectivity index (χ2n) is 10.4. The average Bonchev–Trinajstić information content (AvgIpc) is 2.91. The van der Waals surface area contributed by atoms with Crippen LogP contribution in [-0.4, -0.2) is 29.0 Å². The van der Waals surface area contributed by atoms with Gasteiger partial charge in [-0.2, -0.15) is 5.26 Å². The largest absolute Gasteiger partial charge is 0.370 e. The number of pyridine rings is 2. The molecule has 6 nitrogen and oxygen atoms in total. The Morgan fingerprint density at radius 3 is 2.59 bits per heavy atom. The molecule has 0 radical (unpaired) electrons. The van der Waals surface area contributed by atoms with Crippen LogP contribution in [0.1, 0.15) is 87.6 Å². The molecule has 1 amide bonds. The molecule has 3 rings (SSSR count). The number of rotatable bonds is 9. The maximum Gasteiger partial charge on any atom is 0.255 e. The van der Waals surface area contributed by atoms with Crippen molar-refractivity contribution < 1.29 is 4.79 Å². The van der Waals surface area contributed by atoms with E-state index < -0.39 is 5.41 Å². The standard InChI is InChI=1S/C31H39N5O/c1-6-10-27-28(36-17-8-7-9-18-36)19-24(21-34-27)12-14-26(13-11-23(2)3)35-30(37)25-15-16-33-29(20-25)31(4,5)22-32/h11-16,19-21H,6-10,17-18H2,1-5H3,(H,35,37)/b14-12+,26-13+. The molecule has 2 aromatic heterocycles. The lowest BCUT2D eigenvalue weighted by Gasteiger charge is -2.30. The van der Waals surface area contributed by atoms with Crippen LogP contribution in [0, 0.1) is 11.3 Å². The van der Waals surface area contributed by atoms with Gasteiger partial charge in [-0.05, 0) is 89.3 Å². The van der Waals surface area contributed by atoms with Gasteiger partial charge in [0.15, 0.2) is 0 Å². The van der Waals surface area contributed by atoms with Crippen LogP contribution in [0.15, 0.2) is 60.1 Å². The van der Waals surface area contributed by atoms with Gasteiger partial charge in [0.05, 0.1) is 28.6 Å². The number of amides is 1. The summed E-state index contributed by atoms with van der Waals surface area (Å²) < 4.78 is 0. The van der Waals surface area contributed by atoms with Gasteiger partial charge < -0.3 is 10.2 Å². The molecule has 1 aliphatic heterocycles. The maximum absolute atomic E-state index is 13.1. The Balaban J connectivity index is 1.87. The minimum Gasteiger partial charge on any atom is -0.370 e. The third-order valence-corrected chi connectivity index (χ3v) is 6.40. The zero-order chi connectivity index (χ0) is 26.8. The number of aromatic nitrogens is 2. The molecule has 6 heteroatoms. The third-order valence-electron chi connectivity index (χ3n) is 6.40. The summed E-state index contributed by atoms with van der Waals surface area (Å²) in [5.74, 6) is -0.249. The van der Waals surface area contributed by atoms with Crippen molar-refractivity contribution >= 4 is 17.7 Å². The summed E-state index contributed by atoms with van der Waals surface area (Å²) in [6.45, 7) is 11.9. The molecule has 3 heterocycles. The van der Waals surface area contributed by atoms with Crippen LogP contribution in [-0.2, 0) is 11.8 Å². The van der Waals surface area contributed by atoms with Gasteiger partial charge in [-0.3, -0.25) is 14.8 Å². The van der Waals surface area contributed by atoms with Gasteiger partial charge in [0.2, 0.25) is 0 Å². The molecule has 0 bridgehead atoms. The van der Waals surface area contributed by atoms with Crippen molar-refractivity contribution in [3.8, 4) is 6.07 Å². The van der Waals surface area contributed by atoms with Crippen LogP contribution in [0.3, 0.4) is 0 Å². The number of allylic oxidation sites excluding steroid dienone is 4. The fourth-order valence-corrected chi connectivity index (χ4v) is 4.18. The molecule has 194 valence electrons. The Labute approximate surface area is 221 Å². The average molecular weight is 498 g/mol. The van der Waals surface area contributed by atoms with E-state index in [-0.39, 0.29) is 5.91 Å². The van der Waals surface area contributed by atoms with E-state index in [2.05, 4.69) is 34.3 Å². The predicted molar refractivity (Wildman–Crippen MR) is 151 cm³/mol. The van der Waals surface area contributed by atoms with E-state index in [0.29, 0.717) is 17.0 Å². The van der Waals surface area contributed by atoms with Gasteiger partial charge in [0, 0.05) is 36.7 Å². The molecule has 2 aromatic rings. The van der Waals surface area contributed by atoms with Crippen LogP contribution in [0.25, 0.3) is 6.08 Å². The number of hydrogen-bond acceptors (Lipinski definition) is 5. The third kappa shape index (κ3) is 7.88. The SMILES string of the molecule is CCCc1ncc(/C=C/C(=C\C=C(C)C)NC(=O)c2ccnc(C(C)(C)C#N)c2)cc1N1CCCCC1. The van der Waals surface area contributed by atoms with Gasteiger partial charge >= 0.3 is 0 Å². The second-order valence-corrected chi connectivity index (χ2v) is 10.4. The Hall–Kier alpha value is -3.72. The van der Waals surface area contributed by atoms with E-state index in [9.17, 15) is 10.1 Å². The molecule has 0 atom stereocenters. The lowest BCUT2D eigenvalue weighted by molar-refractivity contribution is 0.0967. The zero-order valence-electron chi connectivity index (χ0n) is 22.8. The van der Waals surface area contributed by atoms with E-state index in [1.165, 1.54) is 24.9 Å². The van der Waals surface area contributed by atoms with Crippen LogP contribution < -0.4 is 10.2 Å². The molecule has 1 N–H and O–H groups in total. The molecular weight excluding hydrogens is 458 g/mol. The van der Waals surface area contributed by atoms with Crippen LogP contribution >= 0.6 is 0 Å². The number of hydrogen-bond donors (Lipinski definition) is 1. The lowest BCUT2D eigenvalue weighted by Crippen LogP contribution is -2.30. The molecular formula is C31H39N5O. The minimum atomic E-state index is -0.778. The highest BCUT2D eigenvalue weighted by Crippen LogP contribution is 2.26. The number of carbonyl (C=O) groups excluding carboxylic acids is 1. The van der Waals surface area contributed by atoms with Crippen molar-refractivity contribution in [3.63, 3.8) is 0 Å². The number of nitrogens with one attached hydrogen (secondary N) is 1. The molecule has 0 aromatic carbocycles. The van der Waals surface area contributed by atoms with Crippen molar-refractivity contribution in [2.24, 2.45) is 0 Å². The lowest BCUT2D eigenvalue weighted by atomic mass is 9.90. The summed E-state index contributed by atoms with van der Waals surface area (Å²) in [6.07, 6.45) is 17.0. The summed E-state index contributed by atoms with van der Waals surface area (Å²) in [5.41, 5.74) is 5.43. The maximum atomic E-state index is 13.1. The monoisotopic (exact) mass is 497 g/mol. The molecule has 1 saturated heterocycles. The highest BCUT2D eigenvalue weighted by molar-refractivity contribution is 5.95. The Bertz CT molecular complexity index is 1220.